The third-order valence-electron chi connectivity index (χ3n) is 2.12. The summed E-state index contributed by atoms with van der Waals surface area (Å²) in [5, 5.41) is 3.07. The van der Waals surface area contributed by atoms with Crippen molar-refractivity contribution in [1.29, 1.82) is 0 Å². The number of anilines is 2. The normalized spacial score (nSPS) is 11.1. The lowest BCUT2D eigenvalue weighted by Crippen LogP contribution is -1.98. The van der Waals surface area contributed by atoms with Gasteiger partial charge in [0.2, 0.25) is 0 Å². The van der Waals surface area contributed by atoms with Crippen molar-refractivity contribution in [3.05, 3.63) is 48.8 Å². The summed E-state index contributed by atoms with van der Waals surface area (Å²) < 4.78 is 30.5. The minimum atomic E-state index is -4.13. The van der Waals surface area contributed by atoms with Gasteiger partial charge in [0.05, 0.1) is 4.90 Å². The van der Waals surface area contributed by atoms with Gasteiger partial charge in [0.15, 0.2) is 0 Å². The maximum Gasteiger partial charge on any atom is 0.294 e. The molecule has 0 saturated heterocycles. The molecule has 88 valence electrons. The van der Waals surface area contributed by atoms with Gasteiger partial charge in [0, 0.05) is 23.8 Å². The number of rotatable bonds is 3. The van der Waals surface area contributed by atoms with Crippen LogP contribution in [0, 0.1) is 0 Å². The second-order valence-corrected chi connectivity index (χ2v) is 4.78. The molecule has 0 unspecified atom stereocenters. The zero-order valence-electron chi connectivity index (χ0n) is 8.74. The number of hydrogen-bond donors (Lipinski definition) is 2. The molecule has 2 aromatic rings. The van der Waals surface area contributed by atoms with Crippen LogP contribution >= 0.6 is 0 Å². The molecule has 5 nitrogen and oxygen atoms in total. The number of aromatic nitrogens is 1. The van der Waals surface area contributed by atoms with Gasteiger partial charge in [-0.3, -0.25) is 9.54 Å². The van der Waals surface area contributed by atoms with Crippen LogP contribution in [-0.2, 0) is 10.1 Å². The largest absolute Gasteiger partial charge is 0.355 e. The molecule has 2 rings (SSSR count). The predicted molar refractivity (Wildman–Crippen MR) is 63.8 cm³/mol. The lowest BCUT2D eigenvalue weighted by Gasteiger charge is -2.06. The van der Waals surface area contributed by atoms with Gasteiger partial charge in [-0.15, -0.1) is 0 Å². The molecule has 1 aromatic carbocycles. The molecule has 0 saturated carbocycles. The van der Waals surface area contributed by atoms with Crippen molar-refractivity contribution in [2.75, 3.05) is 5.32 Å². The Kier molecular flexibility index (Phi) is 3.08. The van der Waals surface area contributed by atoms with Gasteiger partial charge in [-0.1, -0.05) is 0 Å². The summed E-state index contributed by atoms with van der Waals surface area (Å²) in [6.45, 7) is 0. The Labute approximate surface area is 98.9 Å². The second kappa shape index (κ2) is 4.52. The summed E-state index contributed by atoms with van der Waals surface area (Å²) in [6.07, 6.45) is 3.30. The van der Waals surface area contributed by atoms with Crippen LogP contribution in [0.15, 0.2) is 53.7 Å². The van der Waals surface area contributed by atoms with Crippen LogP contribution in [-0.4, -0.2) is 18.0 Å². The first kappa shape index (κ1) is 11.6. The Morgan fingerprint density at radius 3 is 2.00 bits per heavy atom. The Morgan fingerprint density at radius 2 is 1.47 bits per heavy atom. The Balaban J connectivity index is 2.20. The van der Waals surface area contributed by atoms with Crippen LogP contribution in [0.4, 0.5) is 11.4 Å². The summed E-state index contributed by atoms with van der Waals surface area (Å²) in [5.74, 6) is 0. The van der Waals surface area contributed by atoms with Crippen LogP contribution in [0.2, 0.25) is 0 Å². The van der Waals surface area contributed by atoms with Crippen molar-refractivity contribution < 1.29 is 13.0 Å². The maximum atomic E-state index is 10.8. The highest BCUT2D eigenvalue weighted by Gasteiger charge is 2.08. The van der Waals surface area contributed by atoms with Crippen molar-refractivity contribution >= 4 is 21.5 Å². The van der Waals surface area contributed by atoms with Crippen LogP contribution in [0.1, 0.15) is 0 Å². The van der Waals surface area contributed by atoms with Gasteiger partial charge >= 0.3 is 0 Å². The Morgan fingerprint density at radius 1 is 0.941 bits per heavy atom. The highest BCUT2D eigenvalue weighted by atomic mass is 32.2. The highest BCUT2D eigenvalue weighted by Crippen LogP contribution is 2.17. The molecule has 0 atom stereocenters. The minimum absolute atomic E-state index is 0.127. The highest BCUT2D eigenvalue weighted by molar-refractivity contribution is 7.85. The molecular formula is C11H10N2O3S. The summed E-state index contributed by atoms with van der Waals surface area (Å²) >= 11 is 0. The van der Waals surface area contributed by atoms with E-state index in [9.17, 15) is 8.42 Å². The maximum absolute atomic E-state index is 10.8. The molecule has 6 heteroatoms. The van der Waals surface area contributed by atoms with E-state index >= 15 is 0 Å². The van der Waals surface area contributed by atoms with Crippen LogP contribution in [0.5, 0.6) is 0 Å². The molecule has 0 aliphatic rings. The molecule has 0 bridgehead atoms. The fraction of sp³-hybridized carbons (Fsp3) is 0. The van der Waals surface area contributed by atoms with E-state index < -0.39 is 10.1 Å². The van der Waals surface area contributed by atoms with Crippen LogP contribution in [0.25, 0.3) is 0 Å². The Hall–Kier alpha value is -1.92. The quantitative estimate of drug-likeness (QED) is 0.815. The van der Waals surface area contributed by atoms with Gasteiger partial charge < -0.3 is 5.32 Å². The number of nitrogens with zero attached hydrogens (tertiary/aromatic N) is 1. The first-order valence-corrected chi connectivity index (χ1v) is 6.24. The molecular weight excluding hydrogens is 240 g/mol. The SMILES string of the molecule is O=S(=O)(O)c1ccc(Nc2ccncc2)cc1. The van der Waals surface area contributed by atoms with E-state index in [2.05, 4.69) is 10.3 Å². The molecule has 0 aliphatic heterocycles. The molecule has 0 spiro atoms. The van der Waals surface area contributed by atoms with Crippen molar-refractivity contribution in [2.24, 2.45) is 0 Å². The van der Waals surface area contributed by atoms with Gasteiger partial charge in [-0.25, -0.2) is 0 Å². The van der Waals surface area contributed by atoms with Gasteiger partial charge in [0.25, 0.3) is 10.1 Å². The zero-order chi connectivity index (χ0) is 12.3. The van der Waals surface area contributed by atoms with Crippen molar-refractivity contribution in [2.45, 2.75) is 4.90 Å². The fourth-order valence-corrected chi connectivity index (χ4v) is 1.79. The molecule has 0 aliphatic carbocycles. The van der Waals surface area contributed by atoms with E-state index in [0.29, 0.717) is 0 Å². The predicted octanol–water partition coefficient (Wildman–Crippen LogP) is 2.07. The van der Waals surface area contributed by atoms with E-state index in [1.807, 2.05) is 0 Å². The molecule has 2 N–H and O–H groups in total. The average molecular weight is 250 g/mol. The lowest BCUT2D eigenvalue weighted by molar-refractivity contribution is 0.483. The smallest absolute Gasteiger partial charge is 0.294 e. The number of benzene rings is 1. The van der Waals surface area contributed by atoms with Gasteiger partial charge in [-0.05, 0) is 36.4 Å². The summed E-state index contributed by atoms with van der Waals surface area (Å²) in [4.78, 5) is 3.75. The molecule has 0 radical (unpaired) electrons. The molecule has 1 aromatic heterocycles. The third-order valence-corrected chi connectivity index (χ3v) is 2.99. The van der Waals surface area contributed by atoms with E-state index in [1.165, 1.54) is 12.1 Å². The summed E-state index contributed by atoms with van der Waals surface area (Å²) in [5.41, 5.74) is 1.57. The first-order chi connectivity index (χ1) is 8.05. The van der Waals surface area contributed by atoms with E-state index in [4.69, 9.17) is 4.55 Å². The topological polar surface area (TPSA) is 79.3 Å². The first-order valence-electron chi connectivity index (χ1n) is 4.80. The van der Waals surface area contributed by atoms with E-state index in [0.717, 1.165) is 11.4 Å². The summed E-state index contributed by atoms with van der Waals surface area (Å²) in [6, 6.07) is 9.39. The number of hydrogen-bond acceptors (Lipinski definition) is 4. The standard InChI is InChI=1S/C11H10N2O3S/c14-17(15,16)11-3-1-9(2-4-11)13-10-5-7-12-8-6-10/h1-8H,(H,12,13)(H,14,15,16). The molecule has 0 amide bonds. The van der Waals surface area contributed by atoms with Gasteiger partial charge in [0.1, 0.15) is 0 Å². The zero-order valence-corrected chi connectivity index (χ0v) is 9.55. The Bertz CT molecular complexity index is 594. The second-order valence-electron chi connectivity index (χ2n) is 3.36. The third kappa shape index (κ3) is 3.02. The number of nitrogens with one attached hydrogen (secondary N) is 1. The van der Waals surface area contributed by atoms with Crippen LogP contribution in [0.3, 0.4) is 0 Å². The monoisotopic (exact) mass is 250 g/mol. The van der Waals surface area contributed by atoms with Crippen molar-refractivity contribution in [3.63, 3.8) is 0 Å². The average Bonchev–Trinajstić information content (AvgIpc) is 2.30. The van der Waals surface area contributed by atoms with E-state index in [1.54, 1.807) is 36.7 Å². The van der Waals surface area contributed by atoms with E-state index in [-0.39, 0.29) is 4.90 Å². The lowest BCUT2D eigenvalue weighted by atomic mass is 10.3. The molecule has 1 heterocycles. The van der Waals surface area contributed by atoms with Crippen molar-refractivity contribution in [3.8, 4) is 0 Å². The fourth-order valence-electron chi connectivity index (χ4n) is 1.31. The molecule has 0 fully saturated rings. The molecule has 17 heavy (non-hydrogen) atoms. The number of pyridine rings is 1. The van der Waals surface area contributed by atoms with Crippen LogP contribution < -0.4 is 5.32 Å². The summed E-state index contributed by atoms with van der Waals surface area (Å²) in [7, 11) is -4.13. The minimum Gasteiger partial charge on any atom is -0.355 e. The van der Waals surface area contributed by atoms with Crippen molar-refractivity contribution in [1.82, 2.24) is 4.98 Å². The van der Waals surface area contributed by atoms with Gasteiger partial charge in [-0.2, -0.15) is 8.42 Å².